The fraction of sp³-hybridized carbons (Fsp3) is 0.462. The number of carbonyl (C=O) groups excluding carboxylic acids is 1. The first-order valence-corrected chi connectivity index (χ1v) is 5.60. The summed E-state index contributed by atoms with van der Waals surface area (Å²) in [5, 5.41) is 0. The van der Waals surface area contributed by atoms with Crippen LogP contribution in [0.2, 0.25) is 0 Å². The molecule has 1 aliphatic carbocycles. The van der Waals surface area contributed by atoms with E-state index in [0.29, 0.717) is 11.5 Å². The van der Waals surface area contributed by atoms with Crippen LogP contribution in [-0.2, 0) is 0 Å². The molecule has 3 heteroatoms. The molecule has 0 atom stereocenters. The molecular weight excluding hydrogens is 205 g/mol. The van der Waals surface area contributed by atoms with Crippen molar-refractivity contribution in [3.63, 3.8) is 0 Å². The van der Waals surface area contributed by atoms with Gasteiger partial charge < -0.3 is 4.90 Å². The number of nitrogens with zero attached hydrogens (tertiary/aromatic N) is 1. The molecule has 1 aliphatic rings. The third-order valence-electron chi connectivity index (χ3n) is 3.00. The van der Waals surface area contributed by atoms with Gasteiger partial charge in [-0.1, -0.05) is 12.1 Å². The quantitative estimate of drug-likeness (QED) is 0.768. The van der Waals surface area contributed by atoms with Gasteiger partial charge in [0.1, 0.15) is 5.82 Å². The van der Waals surface area contributed by atoms with Crippen molar-refractivity contribution in [2.45, 2.75) is 19.8 Å². The molecule has 1 aromatic rings. The van der Waals surface area contributed by atoms with Crippen LogP contribution in [0, 0.1) is 18.7 Å². The third-order valence-corrected chi connectivity index (χ3v) is 3.00. The highest BCUT2D eigenvalue weighted by Gasteiger charge is 2.26. The Bertz CT molecular complexity index is 412. The molecule has 1 amide bonds. The smallest absolute Gasteiger partial charge is 0.256 e. The Balaban J connectivity index is 2.15. The van der Waals surface area contributed by atoms with Gasteiger partial charge >= 0.3 is 0 Å². The van der Waals surface area contributed by atoms with E-state index < -0.39 is 5.82 Å². The summed E-state index contributed by atoms with van der Waals surface area (Å²) in [4.78, 5) is 13.6. The van der Waals surface area contributed by atoms with Crippen molar-refractivity contribution in [3.8, 4) is 0 Å². The van der Waals surface area contributed by atoms with E-state index in [2.05, 4.69) is 0 Å². The maximum absolute atomic E-state index is 13.7. The molecule has 1 saturated carbocycles. The van der Waals surface area contributed by atoms with Gasteiger partial charge in [-0.15, -0.1) is 0 Å². The zero-order chi connectivity index (χ0) is 11.7. The number of aryl methyl sites for hydroxylation is 1. The molecule has 0 unspecified atom stereocenters. The van der Waals surface area contributed by atoms with Crippen LogP contribution in [0.15, 0.2) is 18.2 Å². The predicted octanol–water partition coefficient (Wildman–Crippen LogP) is 2.62. The van der Waals surface area contributed by atoms with Crippen molar-refractivity contribution in [1.82, 2.24) is 4.90 Å². The average molecular weight is 221 g/mol. The zero-order valence-corrected chi connectivity index (χ0v) is 9.66. The first kappa shape index (κ1) is 11.1. The average Bonchev–Trinajstić information content (AvgIpc) is 3.05. The Morgan fingerprint density at radius 2 is 2.19 bits per heavy atom. The standard InChI is InChI=1S/C13H16FNO/c1-9-4-3-5-11(12(9)14)13(16)15(2)8-10-6-7-10/h3-5,10H,6-8H2,1-2H3. The predicted molar refractivity (Wildman–Crippen MR) is 60.8 cm³/mol. The lowest BCUT2D eigenvalue weighted by Crippen LogP contribution is -2.29. The topological polar surface area (TPSA) is 20.3 Å². The molecule has 0 N–H and O–H groups in total. The van der Waals surface area contributed by atoms with E-state index in [0.717, 1.165) is 6.54 Å². The van der Waals surface area contributed by atoms with Crippen LogP contribution in [0.3, 0.4) is 0 Å². The summed E-state index contributed by atoms with van der Waals surface area (Å²) < 4.78 is 13.7. The maximum Gasteiger partial charge on any atom is 0.256 e. The maximum atomic E-state index is 13.7. The van der Waals surface area contributed by atoms with Crippen molar-refractivity contribution < 1.29 is 9.18 Å². The Labute approximate surface area is 95.1 Å². The normalized spacial score (nSPS) is 14.9. The summed E-state index contributed by atoms with van der Waals surface area (Å²) in [6.07, 6.45) is 2.38. The molecule has 86 valence electrons. The van der Waals surface area contributed by atoms with Gasteiger partial charge in [-0.05, 0) is 37.3 Å². The molecule has 0 spiro atoms. The molecule has 0 bridgehead atoms. The Morgan fingerprint density at radius 1 is 1.50 bits per heavy atom. The van der Waals surface area contributed by atoms with Gasteiger partial charge in [0.25, 0.3) is 5.91 Å². The minimum absolute atomic E-state index is 0.183. The van der Waals surface area contributed by atoms with Crippen molar-refractivity contribution >= 4 is 5.91 Å². The summed E-state index contributed by atoms with van der Waals surface area (Å²) in [6.45, 7) is 2.42. The lowest BCUT2D eigenvalue weighted by molar-refractivity contribution is 0.0784. The van der Waals surface area contributed by atoms with Crippen molar-refractivity contribution in [3.05, 3.63) is 35.1 Å². The van der Waals surface area contributed by atoms with Gasteiger partial charge in [0.05, 0.1) is 5.56 Å². The molecule has 2 rings (SSSR count). The van der Waals surface area contributed by atoms with E-state index in [1.165, 1.54) is 12.8 Å². The summed E-state index contributed by atoms with van der Waals surface area (Å²) in [5.41, 5.74) is 0.703. The number of amides is 1. The molecule has 2 nitrogen and oxygen atoms in total. The lowest BCUT2D eigenvalue weighted by Gasteiger charge is -2.17. The zero-order valence-electron chi connectivity index (χ0n) is 9.66. The number of benzene rings is 1. The van der Waals surface area contributed by atoms with E-state index in [1.54, 1.807) is 37.1 Å². The second-order valence-electron chi connectivity index (χ2n) is 4.57. The number of hydrogen-bond acceptors (Lipinski definition) is 1. The van der Waals surface area contributed by atoms with E-state index in [4.69, 9.17) is 0 Å². The highest BCUT2D eigenvalue weighted by atomic mass is 19.1. The number of rotatable bonds is 3. The number of carbonyl (C=O) groups is 1. The monoisotopic (exact) mass is 221 g/mol. The number of hydrogen-bond donors (Lipinski definition) is 0. The largest absolute Gasteiger partial charge is 0.341 e. The van der Waals surface area contributed by atoms with Crippen LogP contribution in [0.5, 0.6) is 0 Å². The van der Waals surface area contributed by atoms with Gasteiger partial charge in [0, 0.05) is 13.6 Å². The van der Waals surface area contributed by atoms with Crippen LogP contribution in [-0.4, -0.2) is 24.4 Å². The molecule has 0 aromatic heterocycles. The summed E-state index contributed by atoms with van der Waals surface area (Å²) in [5.74, 6) is 0.0186. The third kappa shape index (κ3) is 2.23. The van der Waals surface area contributed by atoms with Crippen molar-refractivity contribution in [2.75, 3.05) is 13.6 Å². The number of halogens is 1. The molecule has 1 fully saturated rings. The summed E-state index contributed by atoms with van der Waals surface area (Å²) in [6, 6.07) is 4.94. The Kier molecular flexibility index (Phi) is 2.95. The fourth-order valence-electron chi connectivity index (χ4n) is 1.79. The lowest BCUT2D eigenvalue weighted by atomic mass is 10.1. The van der Waals surface area contributed by atoms with Gasteiger partial charge in [-0.25, -0.2) is 4.39 Å². The second-order valence-corrected chi connectivity index (χ2v) is 4.57. The highest BCUT2D eigenvalue weighted by molar-refractivity contribution is 5.94. The van der Waals surface area contributed by atoms with E-state index in [-0.39, 0.29) is 11.5 Å². The van der Waals surface area contributed by atoms with Gasteiger partial charge in [-0.2, -0.15) is 0 Å². The van der Waals surface area contributed by atoms with E-state index in [1.807, 2.05) is 0 Å². The minimum atomic E-state index is -0.393. The Morgan fingerprint density at radius 3 is 2.81 bits per heavy atom. The molecular formula is C13H16FNO. The SMILES string of the molecule is Cc1cccc(C(=O)N(C)CC2CC2)c1F. The molecule has 0 aliphatic heterocycles. The molecule has 16 heavy (non-hydrogen) atoms. The van der Waals surface area contributed by atoms with Crippen molar-refractivity contribution in [1.29, 1.82) is 0 Å². The van der Waals surface area contributed by atoms with E-state index in [9.17, 15) is 9.18 Å². The first-order chi connectivity index (χ1) is 7.59. The van der Waals surface area contributed by atoms with Crippen LogP contribution in [0.25, 0.3) is 0 Å². The Hall–Kier alpha value is -1.38. The van der Waals surface area contributed by atoms with E-state index >= 15 is 0 Å². The van der Waals surface area contributed by atoms with Crippen LogP contribution in [0.4, 0.5) is 4.39 Å². The molecule has 0 saturated heterocycles. The summed E-state index contributed by atoms with van der Waals surface area (Å²) >= 11 is 0. The second kappa shape index (κ2) is 4.24. The van der Waals surface area contributed by atoms with Gasteiger partial charge in [-0.3, -0.25) is 4.79 Å². The van der Waals surface area contributed by atoms with Crippen LogP contribution >= 0.6 is 0 Å². The van der Waals surface area contributed by atoms with Crippen LogP contribution < -0.4 is 0 Å². The van der Waals surface area contributed by atoms with Gasteiger partial charge in [0.15, 0.2) is 0 Å². The first-order valence-electron chi connectivity index (χ1n) is 5.60. The molecule has 0 heterocycles. The minimum Gasteiger partial charge on any atom is -0.341 e. The molecule has 1 aromatic carbocycles. The fourth-order valence-corrected chi connectivity index (χ4v) is 1.79. The molecule has 0 radical (unpaired) electrons. The highest BCUT2D eigenvalue weighted by Crippen LogP contribution is 2.29. The van der Waals surface area contributed by atoms with Crippen LogP contribution in [0.1, 0.15) is 28.8 Å². The van der Waals surface area contributed by atoms with Gasteiger partial charge in [0.2, 0.25) is 0 Å². The summed E-state index contributed by atoms with van der Waals surface area (Å²) in [7, 11) is 1.74. The van der Waals surface area contributed by atoms with Crippen molar-refractivity contribution in [2.24, 2.45) is 5.92 Å².